The summed E-state index contributed by atoms with van der Waals surface area (Å²) in [5.74, 6) is 0.848. The van der Waals surface area contributed by atoms with Crippen molar-refractivity contribution in [3.05, 3.63) is 0 Å². The summed E-state index contributed by atoms with van der Waals surface area (Å²) in [5.41, 5.74) is 0.694. The Balaban J connectivity index is 1.82. The van der Waals surface area contributed by atoms with E-state index in [0.717, 1.165) is 18.8 Å². The van der Waals surface area contributed by atoms with Gasteiger partial charge in [-0.1, -0.05) is 20.3 Å². The normalized spacial score (nSPS) is 30.3. The van der Waals surface area contributed by atoms with E-state index in [1.54, 1.807) is 0 Å². The lowest BCUT2D eigenvalue weighted by atomic mass is 9.56. The minimum Gasteiger partial charge on any atom is -0.303 e. The van der Waals surface area contributed by atoms with Crippen LogP contribution < -0.4 is 0 Å². The number of carbonyl (C=O) groups is 1. The topological polar surface area (TPSA) is 17.1 Å². The average Bonchev–Trinajstić information content (AvgIpc) is 1.92. The van der Waals surface area contributed by atoms with Gasteiger partial charge in [0.25, 0.3) is 0 Å². The molecule has 2 aliphatic carbocycles. The van der Waals surface area contributed by atoms with E-state index in [9.17, 15) is 4.79 Å². The van der Waals surface area contributed by atoms with Gasteiger partial charge in [0.1, 0.15) is 6.29 Å². The first-order chi connectivity index (χ1) is 6.05. The Hall–Kier alpha value is -0.330. The predicted octanol–water partition coefficient (Wildman–Crippen LogP) is 3.18. The molecule has 0 unspecified atom stereocenters. The number of rotatable bonds is 3. The molecule has 0 spiro atoms. The summed E-state index contributed by atoms with van der Waals surface area (Å²) in [6.45, 7) is 4.66. The van der Waals surface area contributed by atoms with E-state index in [1.165, 1.54) is 32.0 Å². The van der Waals surface area contributed by atoms with E-state index in [4.69, 9.17) is 0 Å². The Morgan fingerprint density at radius 3 is 2.23 bits per heavy atom. The maximum atomic E-state index is 10.9. The quantitative estimate of drug-likeness (QED) is 0.610. The molecule has 0 aromatic rings. The fourth-order valence-electron chi connectivity index (χ4n) is 3.22. The average molecular weight is 180 g/mol. The number of aldehydes is 1. The molecule has 0 N–H and O–H groups in total. The van der Waals surface area contributed by atoms with E-state index in [0.29, 0.717) is 5.41 Å². The van der Waals surface area contributed by atoms with Crippen molar-refractivity contribution >= 4 is 6.29 Å². The van der Waals surface area contributed by atoms with Gasteiger partial charge in [0.2, 0.25) is 0 Å². The molecule has 0 aliphatic heterocycles. The van der Waals surface area contributed by atoms with Crippen molar-refractivity contribution in [2.24, 2.45) is 16.7 Å². The molecular weight excluding hydrogens is 160 g/mol. The van der Waals surface area contributed by atoms with Gasteiger partial charge in [-0.05, 0) is 43.4 Å². The summed E-state index contributed by atoms with van der Waals surface area (Å²) >= 11 is 0. The van der Waals surface area contributed by atoms with Gasteiger partial charge in [0, 0.05) is 5.41 Å². The largest absolute Gasteiger partial charge is 0.303 e. The third-order valence-electron chi connectivity index (χ3n) is 3.98. The van der Waals surface area contributed by atoms with Crippen LogP contribution >= 0.6 is 0 Å². The Bertz CT molecular complexity index is 205. The molecule has 0 atom stereocenters. The SMILES string of the molecule is CC1(C)CC(CC2(C=O)CCC2)C1. The van der Waals surface area contributed by atoms with Crippen molar-refractivity contribution in [3.8, 4) is 0 Å². The van der Waals surface area contributed by atoms with Gasteiger partial charge >= 0.3 is 0 Å². The Morgan fingerprint density at radius 1 is 1.31 bits per heavy atom. The first-order valence-corrected chi connectivity index (χ1v) is 5.52. The molecule has 2 saturated carbocycles. The van der Waals surface area contributed by atoms with Crippen LogP contribution in [-0.4, -0.2) is 6.29 Å². The molecule has 0 aromatic heterocycles. The van der Waals surface area contributed by atoms with Gasteiger partial charge in [0.05, 0.1) is 0 Å². The van der Waals surface area contributed by atoms with Crippen molar-refractivity contribution in [1.82, 2.24) is 0 Å². The highest BCUT2D eigenvalue weighted by Crippen LogP contribution is 2.53. The van der Waals surface area contributed by atoms with E-state index in [1.807, 2.05) is 0 Å². The summed E-state index contributed by atoms with van der Waals surface area (Å²) in [6, 6.07) is 0. The second kappa shape index (κ2) is 2.83. The minimum atomic E-state index is 0.126. The molecule has 0 radical (unpaired) electrons. The second-order valence-electron chi connectivity index (χ2n) is 5.98. The molecular formula is C12H20O. The van der Waals surface area contributed by atoms with Crippen LogP contribution in [0.3, 0.4) is 0 Å². The molecule has 13 heavy (non-hydrogen) atoms. The molecule has 74 valence electrons. The van der Waals surface area contributed by atoms with E-state index < -0.39 is 0 Å². The third-order valence-corrected chi connectivity index (χ3v) is 3.98. The van der Waals surface area contributed by atoms with Crippen molar-refractivity contribution in [2.75, 3.05) is 0 Å². The van der Waals surface area contributed by atoms with Gasteiger partial charge in [0.15, 0.2) is 0 Å². The number of carbonyl (C=O) groups excluding carboxylic acids is 1. The van der Waals surface area contributed by atoms with Gasteiger partial charge in [-0.2, -0.15) is 0 Å². The fourth-order valence-corrected chi connectivity index (χ4v) is 3.22. The molecule has 2 fully saturated rings. The lowest BCUT2D eigenvalue weighted by molar-refractivity contribution is -0.123. The van der Waals surface area contributed by atoms with Crippen molar-refractivity contribution in [2.45, 2.75) is 52.4 Å². The van der Waals surface area contributed by atoms with Gasteiger partial charge in [-0.25, -0.2) is 0 Å². The standard InChI is InChI=1S/C12H20O/c1-11(2)6-10(7-11)8-12(9-13)4-3-5-12/h9-10H,3-8H2,1-2H3. The van der Waals surface area contributed by atoms with Gasteiger partial charge in [-0.3, -0.25) is 0 Å². The molecule has 0 bridgehead atoms. The highest BCUT2D eigenvalue weighted by molar-refractivity contribution is 5.60. The molecule has 0 aromatic carbocycles. The third kappa shape index (κ3) is 1.66. The highest BCUT2D eigenvalue weighted by atomic mass is 16.1. The Labute approximate surface area is 80.9 Å². The predicted molar refractivity (Wildman–Crippen MR) is 53.5 cm³/mol. The van der Waals surface area contributed by atoms with Crippen LogP contribution in [0.25, 0.3) is 0 Å². The summed E-state index contributed by atoms with van der Waals surface area (Å²) in [4.78, 5) is 10.9. The van der Waals surface area contributed by atoms with Crippen LogP contribution in [0.4, 0.5) is 0 Å². The molecule has 2 aliphatic rings. The van der Waals surface area contributed by atoms with Gasteiger partial charge in [-0.15, -0.1) is 0 Å². The molecule has 0 amide bonds. The van der Waals surface area contributed by atoms with E-state index in [2.05, 4.69) is 13.8 Å². The first kappa shape index (κ1) is 9.23. The molecule has 2 rings (SSSR count). The zero-order valence-corrected chi connectivity index (χ0v) is 8.81. The maximum Gasteiger partial charge on any atom is 0.126 e. The Morgan fingerprint density at radius 2 is 1.92 bits per heavy atom. The van der Waals surface area contributed by atoms with Crippen LogP contribution in [0.1, 0.15) is 52.4 Å². The molecule has 0 saturated heterocycles. The van der Waals surface area contributed by atoms with Crippen molar-refractivity contribution in [3.63, 3.8) is 0 Å². The van der Waals surface area contributed by atoms with Gasteiger partial charge < -0.3 is 4.79 Å². The minimum absolute atomic E-state index is 0.126. The highest BCUT2D eigenvalue weighted by Gasteiger charge is 2.44. The molecule has 0 heterocycles. The van der Waals surface area contributed by atoms with Crippen LogP contribution in [0.2, 0.25) is 0 Å². The number of hydrogen-bond acceptors (Lipinski definition) is 1. The summed E-state index contributed by atoms with van der Waals surface area (Å²) in [5, 5.41) is 0. The lowest BCUT2D eigenvalue weighted by Gasteiger charge is -2.48. The zero-order valence-electron chi connectivity index (χ0n) is 8.81. The second-order valence-corrected chi connectivity index (χ2v) is 5.98. The monoisotopic (exact) mass is 180 g/mol. The van der Waals surface area contributed by atoms with Crippen LogP contribution in [0.15, 0.2) is 0 Å². The van der Waals surface area contributed by atoms with E-state index >= 15 is 0 Å². The smallest absolute Gasteiger partial charge is 0.126 e. The van der Waals surface area contributed by atoms with Crippen molar-refractivity contribution in [1.29, 1.82) is 0 Å². The maximum absolute atomic E-state index is 10.9. The summed E-state index contributed by atoms with van der Waals surface area (Å²) < 4.78 is 0. The lowest BCUT2D eigenvalue weighted by Crippen LogP contribution is -2.39. The first-order valence-electron chi connectivity index (χ1n) is 5.52. The summed E-state index contributed by atoms with van der Waals surface area (Å²) in [6.07, 6.45) is 8.68. The van der Waals surface area contributed by atoms with Crippen LogP contribution in [0, 0.1) is 16.7 Å². The van der Waals surface area contributed by atoms with Crippen LogP contribution in [-0.2, 0) is 4.79 Å². The fraction of sp³-hybridized carbons (Fsp3) is 0.917. The summed E-state index contributed by atoms with van der Waals surface area (Å²) in [7, 11) is 0. The number of hydrogen-bond donors (Lipinski definition) is 0. The van der Waals surface area contributed by atoms with E-state index in [-0.39, 0.29) is 5.41 Å². The Kier molecular flexibility index (Phi) is 2.01. The zero-order chi connectivity index (χ0) is 9.53. The van der Waals surface area contributed by atoms with Crippen molar-refractivity contribution < 1.29 is 4.79 Å². The molecule has 1 nitrogen and oxygen atoms in total. The molecule has 1 heteroatoms. The van der Waals surface area contributed by atoms with Crippen LogP contribution in [0.5, 0.6) is 0 Å².